The largest absolute Gasteiger partial charge is 0.481 e. The van der Waals surface area contributed by atoms with E-state index < -0.39 is 5.97 Å². The van der Waals surface area contributed by atoms with Crippen molar-refractivity contribution in [3.63, 3.8) is 0 Å². The Morgan fingerprint density at radius 1 is 1.24 bits per heavy atom. The lowest BCUT2D eigenvalue weighted by molar-refractivity contribution is -0.136. The molecular formula is C16H11ClINO2. The molecule has 21 heavy (non-hydrogen) atoms. The Morgan fingerprint density at radius 2 is 2.00 bits per heavy atom. The maximum atomic E-state index is 11.2. The van der Waals surface area contributed by atoms with E-state index in [1.165, 1.54) is 0 Å². The Balaban J connectivity index is 2.31. The van der Waals surface area contributed by atoms with E-state index in [1.807, 2.05) is 36.4 Å². The van der Waals surface area contributed by atoms with Crippen molar-refractivity contribution in [2.75, 3.05) is 0 Å². The fourth-order valence-corrected chi connectivity index (χ4v) is 3.17. The summed E-state index contributed by atoms with van der Waals surface area (Å²) < 4.78 is 1.07. The van der Waals surface area contributed by atoms with Crippen LogP contribution in [0, 0.1) is 3.57 Å². The average Bonchev–Trinajstić information content (AvgIpc) is 2.77. The Morgan fingerprint density at radius 3 is 2.71 bits per heavy atom. The predicted molar refractivity (Wildman–Crippen MR) is 92.8 cm³/mol. The van der Waals surface area contributed by atoms with Crippen molar-refractivity contribution in [1.29, 1.82) is 0 Å². The first-order valence-corrected chi connectivity index (χ1v) is 7.78. The third kappa shape index (κ3) is 2.78. The van der Waals surface area contributed by atoms with Crippen molar-refractivity contribution in [1.82, 2.24) is 4.98 Å². The topological polar surface area (TPSA) is 53.1 Å². The number of hydrogen-bond donors (Lipinski definition) is 2. The minimum Gasteiger partial charge on any atom is -0.481 e. The maximum absolute atomic E-state index is 11.2. The number of H-pyrrole nitrogens is 1. The Labute approximate surface area is 140 Å². The first kappa shape index (κ1) is 14.4. The van der Waals surface area contributed by atoms with E-state index in [-0.39, 0.29) is 6.42 Å². The SMILES string of the molecule is O=C(O)Cc1c(-c2ccccc2Cl)[nH]c2ccc(I)cc12. The number of aliphatic carboxylic acids is 1. The van der Waals surface area contributed by atoms with Gasteiger partial charge in [-0.05, 0) is 52.4 Å². The molecule has 0 saturated heterocycles. The van der Waals surface area contributed by atoms with Gasteiger partial charge in [0, 0.05) is 25.1 Å². The van der Waals surface area contributed by atoms with Crippen LogP contribution in [0.4, 0.5) is 0 Å². The van der Waals surface area contributed by atoms with Crippen molar-refractivity contribution >= 4 is 51.1 Å². The maximum Gasteiger partial charge on any atom is 0.307 e. The molecule has 0 spiro atoms. The molecule has 0 amide bonds. The lowest BCUT2D eigenvalue weighted by Gasteiger charge is -2.05. The molecule has 3 rings (SSSR count). The number of carbonyl (C=O) groups is 1. The van der Waals surface area contributed by atoms with Gasteiger partial charge >= 0.3 is 5.97 Å². The zero-order valence-electron chi connectivity index (χ0n) is 10.9. The summed E-state index contributed by atoms with van der Waals surface area (Å²) >= 11 is 8.48. The second-order valence-corrected chi connectivity index (χ2v) is 6.37. The summed E-state index contributed by atoms with van der Waals surface area (Å²) in [6.45, 7) is 0. The van der Waals surface area contributed by atoms with E-state index in [9.17, 15) is 9.90 Å². The van der Waals surface area contributed by atoms with Crippen molar-refractivity contribution in [2.45, 2.75) is 6.42 Å². The monoisotopic (exact) mass is 411 g/mol. The first-order chi connectivity index (χ1) is 10.1. The van der Waals surface area contributed by atoms with Gasteiger partial charge in [0.15, 0.2) is 0 Å². The fourth-order valence-electron chi connectivity index (χ4n) is 2.45. The van der Waals surface area contributed by atoms with Crippen LogP contribution in [-0.4, -0.2) is 16.1 Å². The third-order valence-electron chi connectivity index (χ3n) is 3.34. The fraction of sp³-hybridized carbons (Fsp3) is 0.0625. The third-order valence-corrected chi connectivity index (χ3v) is 4.34. The molecule has 1 aromatic heterocycles. The number of rotatable bonds is 3. The molecule has 5 heteroatoms. The number of aromatic amines is 1. The van der Waals surface area contributed by atoms with Crippen LogP contribution in [0.5, 0.6) is 0 Å². The number of fused-ring (bicyclic) bond motifs is 1. The molecule has 0 bridgehead atoms. The summed E-state index contributed by atoms with van der Waals surface area (Å²) in [5.41, 5.74) is 3.28. The molecule has 3 nitrogen and oxygen atoms in total. The standard InChI is InChI=1S/C16H11ClINO2/c17-13-4-2-1-3-10(13)16-12(8-15(20)21)11-7-9(18)5-6-14(11)19-16/h1-7,19H,8H2,(H,20,21). The minimum absolute atomic E-state index is 0.0410. The molecular weight excluding hydrogens is 401 g/mol. The van der Waals surface area contributed by atoms with Crippen LogP contribution in [-0.2, 0) is 11.2 Å². The molecule has 106 valence electrons. The zero-order chi connectivity index (χ0) is 15.0. The highest BCUT2D eigenvalue weighted by atomic mass is 127. The van der Waals surface area contributed by atoms with Gasteiger partial charge < -0.3 is 10.1 Å². The van der Waals surface area contributed by atoms with E-state index in [0.717, 1.165) is 31.3 Å². The highest BCUT2D eigenvalue weighted by Gasteiger charge is 2.17. The summed E-state index contributed by atoms with van der Waals surface area (Å²) in [5, 5.41) is 10.7. The lowest BCUT2D eigenvalue weighted by atomic mass is 10.0. The van der Waals surface area contributed by atoms with Crippen LogP contribution in [0.3, 0.4) is 0 Å². The van der Waals surface area contributed by atoms with Crippen LogP contribution in [0.15, 0.2) is 42.5 Å². The number of aromatic nitrogens is 1. The number of carboxylic acids is 1. The minimum atomic E-state index is -0.858. The van der Waals surface area contributed by atoms with Gasteiger partial charge in [0.1, 0.15) is 0 Å². The highest BCUT2D eigenvalue weighted by molar-refractivity contribution is 14.1. The van der Waals surface area contributed by atoms with Crippen LogP contribution < -0.4 is 0 Å². The summed E-state index contributed by atoms with van der Waals surface area (Å²) in [6.07, 6.45) is -0.0410. The number of halogens is 2. The zero-order valence-corrected chi connectivity index (χ0v) is 13.8. The molecule has 0 radical (unpaired) electrons. The second-order valence-electron chi connectivity index (χ2n) is 4.72. The van der Waals surface area contributed by atoms with Gasteiger partial charge in [0.2, 0.25) is 0 Å². The summed E-state index contributed by atoms with van der Waals surface area (Å²) in [4.78, 5) is 14.5. The van der Waals surface area contributed by atoms with E-state index in [4.69, 9.17) is 11.6 Å². The van der Waals surface area contributed by atoms with Crippen LogP contribution >= 0.6 is 34.2 Å². The second kappa shape index (κ2) is 5.69. The molecule has 0 unspecified atom stereocenters. The number of hydrogen-bond acceptors (Lipinski definition) is 1. The quantitative estimate of drug-likeness (QED) is 0.613. The van der Waals surface area contributed by atoms with Gasteiger partial charge in [0.05, 0.1) is 12.1 Å². The highest BCUT2D eigenvalue weighted by Crippen LogP contribution is 2.35. The molecule has 0 aliphatic carbocycles. The van der Waals surface area contributed by atoms with Crippen LogP contribution in [0.2, 0.25) is 5.02 Å². The van der Waals surface area contributed by atoms with E-state index >= 15 is 0 Å². The molecule has 0 atom stereocenters. The lowest BCUT2D eigenvalue weighted by Crippen LogP contribution is -2.01. The molecule has 0 aliphatic heterocycles. The average molecular weight is 412 g/mol. The molecule has 3 aromatic rings. The van der Waals surface area contributed by atoms with Gasteiger partial charge in [-0.3, -0.25) is 4.79 Å². The van der Waals surface area contributed by atoms with Crippen molar-refractivity contribution in [2.24, 2.45) is 0 Å². The predicted octanol–water partition coefficient (Wildman–Crippen LogP) is 4.72. The van der Waals surface area contributed by atoms with Gasteiger partial charge in [0.25, 0.3) is 0 Å². The number of carboxylic acid groups (broad SMARTS) is 1. The van der Waals surface area contributed by atoms with Gasteiger partial charge in [-0.15, -0.1) is 0 Å². The molecule has 0 saturated carbocycles. The molecule has 2 N–H and O–H groups in total. The van der Waals surface area contributed by atoms with E-state index in [0.29, 0.717) is 5.02 Å². The Kier molecular flexibility index (Phi) is 3.91. The molecule has 1 heterocycles. The van der Waals surface area contributed by atoms with Gasteiger partial charge in [-0.2, -0.15) is 0 Å². The summed E-state index contributed by atoms with van der Waals surface area (Å²) in [7, 11) is 0. The van der Waals surface area contributed by atoms with Crippen molar-refractivity contribution in [3.8, 4) is 11.3 Å². The number of nitrogens with one attached hydrogen (secondary N) is 1. The molecule has 0 fully saturated rings. The van der Waals surface area contributed by atoms with Crippen LogP contribution in [0.1, 0.15) is 5.56 Å². The van der Waals surface area contributed by atoms with Gasteiger partial charge in [-0.1, -0.05) is 29.8 Å². The van der Waals surface area contributed by atoms with E-state index in [2.05, 4.69) is 27.6 Å². The normalized spacial score (nSPS) is 11.0. The smallest absolute Gasteiger partial charge is 0.307 e. The van der Waals surface area contributed by atoms with Crippen LogP contribution in [0.25, 0.3) is 22.2 Å². The van der Waals surface area contributed by atoms with E-state index in [1.54, 1.807) is 6.07 Å². The summed E-state index contributed by atoms with van der Waals surface area (Å²) in [5.74, 6) is -0.858. The Bertz CT molecular complexity index is 841. The number of benzene rings is 2. The molecule has 0 aliphatic rings. The Hall–Kier alpha value is -1.53. The summed E-state index contributed by atoms with van der Waals surface area (Å²) in [6, 6.07) is 13.4. The van der Waals surface area contributed by atoms with Gasteiger partial charge in [-0.25, -0.2) is 0 Å². The molecule has 2 aromatic carbocycles. The van der Waals surface area contributed by atoms with Crippen molar-refractivity contribution < 1.29 is 9.90 Å². The first-order valence-electron chi connectivity index (χ1n) is 6.33. The van der Waals surface area contributed by atoms with Crippen molar-refractivity contribution in [3.05, 3.63) is 56.6 Å².